The van der Waals surface area contributed by atoms with E-state index in [1.807, 2.05) is 11.3 Å². The standard InChI is InChI=1S/C15H27N3S2/c1-6-7-16-11(2)13-12(3)17-14(20-13)18-8-9-19-15(4,5)10-18/h11,16H,6-10H2,1-5H3. The van der Waals surface area contributed by atoms with Gasteiger partial charge in [0, 0.05) is 34.5 Å². The summed E-state index contributed by atoms with van der Waals surface area (Å²) in [5.41, 5.74) is 1.19. The summed E-state index contributed by atoms with van der Waals surface area (Å²) in [5, 5.41) is 4.77. The molecule has 5 heteroatoms. The van der Waals surface area contributed by atoms with E-state index < -0.39 is 0 Å². The van der Waals surface area contributed by atoms with E-state index in [0.717, 1.165) is 19.6 Å². The Labute approximate surface area is 131 Å². The quantitative estimate of drug-likeness (QED) is 0.894. The molecule has 20 heavy (non-hydrogen) atoms. The average Bonchev–Trinajstić information content (AvgIpc) is 2.77. The molecule has 0 saturated carbocycles. The van der Waals surface area contributed by atoms with Crippen molar-refractivity contribution in [3.8, 4) is 0 Å². The first-order valence-corrected chi connectivity index (χ1v) is 9.33. The van der Waals surface area contributed by atoms with Gasteiger partial charge in [0.2, 0.25) is 0 Å². The molecular weight excluding hydrogens is 286 g/mol. The summed E-state index contributed by atoms with van der Waals surface area (Å²) in [5.74, 6) is 1.20. The number of thiazole rings is 1. The van der Waals surface area contributed by atoms with Gasteiger partial charge in [-0.05, 0) is 40.7 Å². The van der Waals surface area contributed by atoms with E-state index in [-0.39, 0.29) is 0 Å². The number of aromatic nitrogens is 1. The molecular formula is C15H27N3S2. The van der Waals surface area contributed by atoms with Gasteiger partial charge in [-0.25, -0.2) is 4.98 Å². The van der Waals surface area contributed by atoms with Crippen LogP contribution >= 0.6 is 23.1 Å². The van der Waals surface area contributed by atoms with E-state index >= 15 is 0 Å². The summed E-state index contributed by atoms with van der Waals surface area (Å²) in [6, 6.07) is 0.411. The molecule has 0 spiro atoms. The largest absolute Gasteiger partial charge is 0.346 e. The average molecular weight is 314 g/mol. The molecule has 3 nitrogen and oxygen atoms in total. The predicted molar refractivity (Wildman–Crippen MR) is 92.3 cm³/mol. The number of hydrogen-bond donors (Lipinski definition) is 1. The van der Waals surface area contributed by atoms with Gasteiger partial charge < -0.3 is 10.2 Å². The van der Waals surface area contributed by atoms with Crippen molar-refractivity contribution in [1.29, 1.82) is 0 Å². The van der Waals surface area contributed by atoms with Gasteiger partial charge in [-0.3, -0.25) is 0 Å². The van der Waals surface area contributed by atoms with Crippen LogP contribution in [0.4, 0.5) is 5.13 Å². The number of rotatable bonds is 5. The molecule has 1 aromatic heterocycles. The monoisotopic (exact) mass is 313 g/mol. The number of thioether (sulfide) groups is 1. The summed E-state index contributed by atoms with van der Waals surface area (Å²) >= 11 is 3.94. The zero-order valence-electron chi connectivity index (χ0n) is 13.3. The maximum atomic E-state index is 4.82. The highest BCUT2D eigenvalue weighted by atomic mass is 32.2. The summed E-state index contributed by atoms with van der Waals surface area (Å²) in [6.07, 6.45) is 1.17. The van der Waals surface area contributed by atoms with E-state index in [4.69, 9.17) is 4.98 Å². The van der Waals surface area contributed by atoms with Gasteiger partial charge in [-0.1, -0.05) is 6.92 Å². The number of hydrogen-bond acceptors (Lipinski definition) is 5. The van der Waals surface area contributed by atoms with E-state index in [1.54, 1.807) is 0 Å². The smallest absolute Gasteiger partial charge is 0.185 e. The molecule has 0 aliphatic carbocycles. The van der Waals surface area contributed by atoms with Crippen LogP contribution in [-0.2, 0) is 0 Å². The Kier molecular flexibility index (Phi) is 5.37. The normalized spacial score (nSPS) is 20.1. The van der Waals surface area contributed by atoms with Crippen LogP contribution in [0.5, 0.6) is 0 Å². The fourth-order valence-electron chi connectivity index (χ4n) is 2.56. The zero-order valence-corrected chi connectivity index (χ0v) is 15.0. The lowest BCUT2D eigenvalue weighted by atomic mass is 10.2. The van der Waals surface area contributed by atoms with Gasteiger partial charge in [0.15, 0.2) is 5.13 Å². The Bertz CT molecular complexity index is 442. The second-order valence-electron chi connectivity index (χ2n) is 6.15. The van der Waals surface area contributed by atoms with Crippen molar-refractivity contribution in [2.45, 2.75) is 51.8 Å². The van der Waals surface area contributed by atoms with Crippen LogP contribution in [0.2, 0.25) is 0 Å². The highest BCUT2D eigenvalue weighted by Gasteiger charge is 2.29. The molecule has 2 rings (SSSR count). The van der Waals surface area contributed by atoms with Crippen LogP contribution in [-0.4, -0.2) is 35.1 Å². The third kappa shape index (κ3) is 3.89. The van der Waals surface area contributed by atoms with Gasteiger partial charge in [0.25, 0.3) is 0 Å². The maximum Gasteiger partial charge on any atom is 0.185 e. The molecule has 1 atom stereocenters. The number of aryl methyl sites for hydroxylation is 1. The second kappa shape index (κ2) is 6.67. The predicted octanol–water partition coefficient (Wildman–Crippen LogP) is 3.84. The van der Waals surface area contributed by atoms with Crippen molar-refractivity contribution < 1.29 is 0 Å². The number of nitrogens with one attached hydrogen (secondary N) is 1. The van der Waals surface area contributed by atoms with E-state index in [1.165, 1.54) is 27.9 Å². The molecule has 1 aliphatic rings. The fourth-order valence-corrected chi connectivity index (χ4v) is 4.79. The van der Waals surface area contributed by atoms with Gasteiger partial charge >= 0.3 is 0 Å². The first-order chi connectivity index (χ1) is 9.43. The van der Waals surface area contributed by atoms with Crippen molar-refractivity contribution in [2.75, 3.05) is 30.3 Å². The molecule has 1 saturated heterocycles. The van der Waals surface area contributed by atoms with E-state index in [2.05, 4.69) is 56.6 Å². The van der Waals surface area contributed by atoms with Gasteiger partial charge in [-0.15, -0.1) is 11.3 Å². The van der Waals surface area contributed by atoms with Crippen LogP contribution in [0.25, 0.3) is 0 Å². The molecule has 0 bridgehead atoms. The Morgan fingerprint density at radius 2 is 2.20 bits per heavy atom. The highest BCUT2D eigenvalue weighted by molar-refractivity contribution is 8.00. The Morgan fingerprint density at radius 1 is 1.45 bits per heavy atom. The lowest BCUT2D eigenvalue weighted by molar-refractivity contribution is 0.575. The minimum atomic E-state index is 0.337. The summed E-state index contributed by atoms with van der Waals surface area (Å²) in [6.45, 7) is 14.5. The molecule has 1 fully saturated rings. The van der Waals surface area contributed by atoms with E-state index in [0.29, 0.717) is 10.8 Å². The molecule has 1 aromatic rings. The lowest BCUT2D eigenvalue weighted by Gasteiger charge is -2.37. The van der Waals surface area contributed by atoms with Crippen molar-refractivity contribution in [3.63, 3.8) is 0 Å². The number of anilines is 1. The first kappa shape index (κ1) is 16.1. The SMILES string of the molecule is CCCNC(C)c1sc(N2CCSC(C)(C)C2)nc1C. The van der Waals surface area contributed by atoms with Gasteiger partial charge in [0.05, 0.1) is 5.69 Å². The van der Waals surface area contributed by atoms with Gasteiger partial charge in [-0.2, -0.15) is 11.8 Å². The Balaban J connectivity index is 2.10. The van der Waals surface area contributed by atoms with Crippen molar-refractivity contribution >= 4 is 28.2 Å². The van der Waals surface area contributed by atoms with Crippen LogP contribution in [0.15, 0.2) is 0 Å². The van der Waals surface area contributed by atoms with Crippen LogP contribution in [0.1, 0.15) is 50.7 Å². The topological polar surface area (TPSA) is 28.2 Å². The minimum Gasteiger partial charge on any atom is -0.346 e. The summed E-state index contributed by atoms with van der Waals surface area (Å²) in [7, 11) is 0. The van der Waals surface area contributed by atoms with Crippen LogP contribution < -0.4 is 10.2 Å². The Morgan fingerprint density at radius 3 is 2.85 bits per heavy atom. The zero-order chi connectivity index (χ0) is 14.8. The summed E-state index contributed by atoms with van der Waals surface area (Å²) in [4.78, 5) is 8.68. The molecule has 0 aromatic carbocycles. The minimum absolute atomic E-state index is 0.337. The molecule has 1 unspecified atom stereocenters. The van der Waals surface area contributed by atoms with Crippen molar-refractivity contribution in [1.82, 2.24) is 10.3 Å². The lowest BCUT2D eigenvalue weighted by Crippen LogP contribution is -2.43. The third-order valence-electron chi connectivity index (χ3n) is 3.61. The molecule has 1 aliphatic heterocycles. The third-order valence-corrected chi connectivity index (χ3v) is 6.31. The second-order valence-corrected chi connectivity index (χ2v) is 8.96. The van der Waals surface area contributed by atoms with Crippen molar-refractivity contribution in [3.05, 3.63) is 10.6 Å². The highest BCUT2D eigenvalue weighted by Crippen LogP contribution is 2.36. The van der Waals surface area contributed by atoms with E-state index in [9.17, 15) is 0 Å². The van der Waals surface area contributed by atoms with Gasteiger partial charge in [0.1, 0.15) is 0 Å². The Hall–Kier alpha value is -0.260. The fraction of sp³-hybridized carbons (Fsp3) is 0.800. The maximum absolute atomic E-state index is 4.82. The summed E-state index contributed by atoms with van der Waals surface area (Å²) < 4.78 is 0.337. The molecule has 2 heterocycles. The molecule has 0 radical (unpaired) electrons. The first-order valence-electron chi connectivity index (χ1n) is 7.52. The van der Waals surface area contributed by atoms with Crippen LogP contribution in [0, 0.1) is 6.92 Å². The van der Waals surface area contributed by atoms with Crippen molar-refractivity contribution in [2.24, 2.45) is 0 Å². The van der Waals surface area contributed by atoms with Crippen LogP contribution in [0.3, 0.4) is 0 Å². The molecule has 1 N–H and O–H groups in total. The molecule has 0 amide bonds. The molecule has 114 valence electrons. The number of nitrogens with zero attached hydrogens (tertiary/aromatic N) is 2.